The van der Waals surface area contributed by atoms with Gasteiger partial charge in [0.2, 0.25) is 11.8 Å². The highest BCUT2D eigenvalue weighted by molar-refractivity contribution is 6.09. The lowest BCUT2D eigenvalue weighted by Crippen LogP contribution is -2.45. The Morgan fingerprint density at radius 3 is 2.38 bits per heavy atom. The van der Waals surface area contributed by atoms with E-state index in [1.807, 2.05) is 39.8 Å². The second-order valence-corrected chi connectivity index (χ2v) is 6.83. The molecule has 0 aliphatic carbocycles. The predicted octanol–water partition coefficient (Wildman–Crippen LogP) is 2.32. The number of nitrogens with one attached hydrogen (secondary N) is 1. The number of aliphatic hydroxyl groups is 1. The van der Waals surface area contributed by atoms with Crippen LogP contribution in [0.4, 0.5) is 5.69 Å². The lowest BCUT2D eigenvalue weighted by atomic mass is 9.97. The molecule has 1 aliphatic rings. The molecule has 5 heteroatoms. The van der Waals surface area contributed by atoms with Gasteiger partial charge in [-0.1, -0.05) is 19.9 Å². The SMILES string of the molecule is CCC(O)(CC)CNC(=O)C1CCN(c2cc(C)cc(C)c2)C1=O. The van der Waals surface area contributed by atoms with Gasteiger partial charge in [0, 0.05) is 18.8 Å². The van der Waals surface area contributed by atoms with E-state index in [1.165, 1.54) is 0 Å². The number of hydrogen-bond acceptors (Lipinski definition) is 3. The van der Waals surface area contributed by atoms with Crippen LogP contribution in [0.15, 0.2) is 18.2 Å². The van der Waals surface area contributed by atoms with Gasteiger partial charge in [-0.3, -0.25) is 9.59 Å². The zero-order chi connectivity index (χ0) is 17.9. The Hall–Kier alpha value is -1.88. The van der Waals surface area contributed by atoms with Gasteiger partial charge >= 0.3 is 0 Å². The molecule has 1 aromatic rings. The maximum atomic E-state index is 12.6. The first-order valence-corrected chi connectivity index (χ1v) is 8.69. The van der Waals surface area contributed by atoms with Gasteiger partial charge in [-0.05, 0) is 56.4 Å². The van der Waals surface area contributed by atoms with Gasteiger partial charge in [0.05, 0.1) is 5.60 Å². The molecule has 24 heavy (non-hydrogen) atoms. The molecule has 2 rings (SSSR count). The van der Waals surface area contributed by atoms with Crippen molar-refractivity contribution in [2.45, 2.75) is 52.6 Å². The molecule has 2 amide bonds. The van der Waals surface area contributed by atoms with Crippen LogP contribution in [0.25, 0.3) is 0 Å². The fraction of sp³-hybridized carbons (Fsp3) is 0.579. The minimum absolute atomic E-state index is 0.158. The molecule has 1 saturated heterocycles. The number of amides is 2. The smallest absolute Gasteiger partial charge is 0.239 e. The first-order valence-electron chi connectivity index (χ1n) is 8.69. The van der Waals surface area contributed by atoms with Crippen LogP contribution in [0.5, 0.6) is 0 Å². The largest absolute Gasteiger partial charge is 0.388 e. The lowest BCUT2D eigenvalue weighted by Gasteiger charge is -2.26. The molecule has 1 fully saturated rings. The van der Waals surface area contributed by atoms with E-state index in [-0.39, 0.29) is 18.4 Å². The summed E-state index contributed by atoms with van der Waals surface area (Å²) in [6.07, 6.45) is 1.64. The summed E-state index contributed by atoms with van der Waals surface area (Å²) in [7, 11) is 0. The molecule has 132 valence electrons. The summed E-state index contributed by atoms with van der Waals surface area (Å²) in [5.74, 6) is -1.11. The van der Waals surface area contributed by atoms with E-state index in [9.17, 15) is 14.7 Å². The van der Waals surface area contributed by atoms with E-state index in [2.05, 4.69) is 11.4 Å². The average molecular weight is 332 g/mol. The molecule has 1 unspecified atom stereocenters. The Balaban J connectivity index is 2.04. The number of hydrogen-bond donors (Lipinski definition) is 2. The molecule has 0 radical (unpaired) electrons. The molecule has 0 spiro atoms. The van der Waals surface area contributed by atoms with E-state index in [0.29, 0.717) is 25.8 Å². The van der Waals surface area contributed by atoms with Crippen LogP contribution in [-0.4, -0.2) is 35.6 Å². The minimum Gasteiger partial charge on any atom is -0.388 e. The normalized spacial score (nSPS) is 18.1. The second-order valence-electron chi connectivity index (χ2n) is 6.83. The van der Waals surface area contributed by atoms with Crippen LogP contribution in [0.3, 0.4) is 0 Å². The van der Waals surface area contributed by atoms with Crippen molar-refractivity contribution in [3.05, 3.63) is 29.3 Å². The van der Waals surface area contributed by atoms with Crippen LogP contribution < -0.4 is 10.2 Å². The fourth-order valence-electron chi connectivity index (χ4n) is 3.16. The van der Waals surface area contributed by atoms with Crippen molar-refractivity contribution in [3.63, 3.8) is 0 Å². The van der Waals surface area contributed by atoms with E-state index in [0.717, 1.165) is 16.8 Å². The molecule has 1 atom stereocenters. The zero-order valence-corrected chi connectivity index (χ0v) is 15.1. The topological polar surface area (TPSA) is 69.6 Å². The summed E-state index contributed by atoms with van der Waals surface area (Å²) < 4.78 is 0. The third-order valence-corrected chi connectivity index (χ3v) is 4.95. The molecule has 0 aromatic heterocycles. The third kappa shape index (κ3) is 3.96. The molecule has 0 saturated carbocycles. The van der Waals surface area contributed by atoms with Gasteiger partial charge in [-0.2, -0.15) is 0 Å². The van der Waals surface area contributed by atoms with Crippen molar-refractivity contribution in [1.82, 2.24) is 5.32 Å². The van der Waals surface area contributed by atoms with Gasteiger partial charge in [0.15, 0.2) is 0 Å². The van der Waals surface area contributed by atoms with Crippen molar-refractivity contribution < 1.29 is 14.7 Å². The number of rotatable bonds is 6. The first-order chi connectivity index (χ1) is 11.3. The van der Waals surface area contributed by atoms with Gasteiger partial charge < -0.3 is 15.3 Å². The highest BCUT2D eigenvalue weighted by Gasteiger charge is 2.38. The lowest BCUT2D eigenvalue weighted by molar-refractivity contribution is -0.133. The van der Waals surface area contributed by atoms with E-state index >= 15 is 0 Å². The van der Waals surface area contributed by atoms with Gasteiger partial charge in [0.25, 0.3) is 0 Å². The summed E-state index contributed by atoms with van der Waals surface area (Å²) >= 11 is 0. The van der Waals surface area contributed by atoms with Gasteiger partial charge in [0.1, 0.15) is 5.92 Å². The van der Waals surface area contributed by atoms with Crippen LogP contribution in [-0.2, 0) is 9.59 Å². The number of benzene rings is 1. The molecule has 0 bridgehead atoms. The number of carbonyl (C=O) groups is 2. The Kier molecular flexibility index (Phi) is 5.65. The van der Waals surface area contributed by atoms with E-state index < -0.39 is 11.5 Å². The monoisotopic (exact) mass is 332 g/mol. The Bertz CT molecular complexity index is 603. The van der Waals surface area contributed by atoms with Crippen LogP contribution in [0.2, 0.25) is 0 Å². The summed E-state index contributed by atoms with van der Waals surface area (Å²) in [6, 6.07) is 6.00. The summed E-state index contributed by atoms with van der Waals surface area (Å²) in [5.41, 5.74) is 2.15. The standard InChI is InChI=1S/C19H28N2O3/c1-5-19(24,6-2)12-20-17(22)16-7-8-21(18(16)23)15-10-13(3)9-14(4)11-15/h9-11,16,24H,5-8,12H2,1-4H3,(H,20,22). The summed E-state index contributed by atoms with van der Waals surface area (Å²) in [4.78, 5) is 26.7. The van der Waals surface area contributed by atoms with Crippen LogP contribution in [0, 0.1) is 19.8 Å². The third-order valence-electron chi connectivity index (χ3n) is 4.95. The van der Waals surface area contributed by atoms with Crippen molar-refractivity contribution in [1.29, 1.82) is 0 Å². The first kappa shape index (κ1) is 18.5. The molecule has 1 aliphatic heterocycles. The van der Waals surface area contributed by atoms with Gasteiger partial charge in [-0.25, -0.2) is 0 Å². The van der Waals surface area contributed by atoms with Crippen molar-refractivity contribution in [2.24, 2.45) is 5.92 Å². The Labute approximate surface area is 144 Å². The number of carbonyl (C=O) groups excluding carboxylic acids is 2. The minimum atomic E-state index is -0.898. The maximum absolute atomic E-state index is 12.6. The van der Waals surface area contributed by atoms with Gasteiger partial charge in [-0.15, -0.1) is 0 Å². The van der Waals surface area contributed by atoms with Crippen LogP contribution in [0.1, 0.15) is 44.2 Å². The molecule has 1 heterocycles. The van der Waals surface area contributed by atoms with Crippen molar-refractivity contribution in [3.8, 4) is 0 Å². The van der Waals surface area contributed by atoms with Crippen molar-refractivity contribution in [2.75, 3.05) is 18.0 Å². The Morgan fingerprint density at radius 2 is 1.83 bits per heavy atom. The molecular formula is C19H28N2O3. The van der Waals surface area contributed by atoms with E-state index in [4.69, 9.17) is 0 Å². The highest BCUT2D eigenvalue weighted by atomic mass is 16.3. The molecule has 5 nitrogen and oxygen atoms in total. The number of nitrogens with zero attached hydrogens (tertiary/aromatic N) is 1. The highest BCUT2D eigenvalue weighted by Crippen LogP contribution is 2.27. The molecule has 1 aromatic carbocycles. The van der Waals surface area contributed by atoms with Crippen molar-refractivity contribution >= 4 is 17.5 Å². The summed E-state index contributed by atoms with van der Waals surface area (Å²) in [5, 5.41) is 13.0. The quantitative estimate of drug-likeness (QED) is 0.786. The zero-order valence-electron chi connectivity index (χ0n) is 15.1. The second kappa shape index (κ2) is 7.34. The molecule has 2 N–H and O–H groups in total. The number of anilines is 1. The van der Waals surface area contributed by atoms with E-state index in [1.54, 1.807) is 4.90 Å². The molecular weight excluding hydrogens is 304 g/mol. The maximum Gasteiger partial charge on any atom is 0.239 e. The van der Waals surface area contributed by atoms with Crippen LogP contribution >= 0.6 is 0 Å². The predicted molar refractivity (Wildman–Crippen MR) is 94.9 cm³/mol. The average Bonchev–Trinajstić information content (AvgIpc) is 2.93. The summed E-state index contributed by atoms with van der Waals surface area (Å²) in [6.45, 7) is 8.50. The number of aryl methyl sites for hydroxylation is 2. The Morgan fingerprint density at radius 1 is 1.25 bits per heavy atom. The fourth-order valence-corrected chi connectivity index (χ4v) is 3.16.